The number of carboxylic acid groups (broad SMARTS) is 1. The molecule has 0 spiro atoms. The predicted octanol–water partition coefficient (Wildman–Crippen LogP) is 3.45. The summed E-state index contributed by atoms with van der Waals surface area (Å²) >= 11 is 2.88. The maximum atomic E-state index is 12.2. The lowest BCUT2D eigenvalue weighted by Gasteiger charge is -2.27. The van der Waals surface area contributed by atoms with Gasteiger partial charge in [-0.2, -0.15) is 4.98 Å². The normalized spacial score (nSPS) is 21.0. The minimum absolute atomic E-state index is 0.108. The van der Waals surface area contributed by atoms with Gasteiger partial charge in [0, 0.05) is 31.3 Å². The second-order valence-electron chi connectivity index (χ2n) is 7.11. The molecule has 1 atom stereocenters. The van der Waals surface area contributed by atoms with Gasteiger partial charge in [-0.1, -0.05) is 31.0 Å². The third kappa shape index (κ3) is 6.36. The van der Waals surface area contributed by atoms with Gasteiger partial charge in [0.25, 0.3) is 0 Å². The van der Waals surface area contributed by atoms with Crippen molar-refractivity contribution >= 4 is 35.2 Å². The van der Waals surface area contributed by atoms with Gasteiger partial charge in [0.2, 0.25) is 11.8 Å². The fourth-order valence-electron chi connectivity index (χ4n) is 3.84. The maximum Gasteiger partial charge on any atom is 0.512 e. The van der Waals surface area contributed by atoms with Crippen LogP contribution in [0.15, 0.2) is 9.72 Å². The number of hydrogen-bond acceptors (Lipinski definition) is 7. The largest absolute Gasteiger partial charge is 0.512 e. The Labute approximate surface area is 167 Å². The molecular weight excluding hydrogens is 386 g/mol. The maximum absolute atomic E-state index is 12.2. The first-order valence-corrected chi connectivity index (χ1v) is 11.5. The Kier molecular flexibility index (Phi) is 7.78. The number of amides is 1. The highest BCUT2D eigenvalue weighted by molar-refractivity contribution is 8.01. The van der Waals surface area contributed by atoms with E-state index in [2.05, 4.69) is 15.0 Å². The third-order valence-corrected chi connectivity index (χ3v) is 7.18. The minimum atomic E-state index is -1.36. The summed E-state index contributed by atoms with van der Waals surface area (Å²) in [6.07, 6.45) is 6.95. The van der Waals surface area contributed by atoms with Crippen molar-refractivity contribution in [1.29, 1.82) is 0 Å². The quantitative estimate of drug-likeness (QED) is 0.473. The molecular formula is C18H27N3O4S2. The number of hydrogen-bond donors (Lipinski definition) is 2. The summed E-state index contributed by atoms with van der Waals surface area (Å²) in [6.45, 7) is 2.63. The van der Waals surface area contributed by atoms with Gasteiger partial charge in [0.05, 0.1) is 5.38 Å². The number of likely N-dealkylation sites (tertiary alicyclic amines) is 1. The molecule has 1 aliphatic heterocycles. The van der Waals surface area contributed by atoms with Crippen molar-refractivity contribution in [2.75, 3.05) is 25.4 Å². The predicted molar refractivity (Wildman–Crippen MR) is 106 cm³/mol. The Morgan fingerprint density at radius 1 is 1.33 bits per heavy atom. The molecule has 27 heavy (non-hydrogen) atoms. The number of rotatable bonds is 9. The van der Waals surface area contributed by atoms with Crippen LogP contribution in [-0.2, 0) is 4.79 Å². The van der Waals surface area contributed by atoms with E-state index >= 15 is 0 Å². The van der Waals surface area contributed by atoms with Crippen molar-refractivity contribution in [3.63, 3.8) is 0 Å². The summed E-state index contributed by atoms with van der Waals surface area (Å²) in [4.78, 5) is 28.8. The number of ether oxygens (including phenoxy) is 1. The van der Waals surface area contributed by atoms with Crippen LogP contribution in [0.1, 0.15) is 44.9 Å². The van der Waals surface area contributed by atoms with Gasteiger partial charge in [-0.05, 0) is 31.7 Å². The Morgan fingerprint density at radius 2 is 2.15 bits per heavy atom. The number of nitrogens with zero attached hydrogens (tertiary/aromatic N) is 2. The Morgan fingerprint density at radius 3 is 2.93 bits per heavy atom. The van der Waals surface area contributed by atoms with Gasteiger partial charge in [0.15, 0.2) is 4.34 Å². The van der Waals surface area contributed by atoms with Crippen molar-refractivity contribution in [1.82, 2.24) is 15.2 Å². The van der Waals surface area contributed by atoms with Crippen molar-refractivity contribution in [2.45, 2.75) is 55.3 Å². The van der Waals surface area contributed by atoms with E-state index < -0.39 is 6.16 Å². The lowest BCUT2D eigenvalue weighted by Crippen LogP contribution is -2.42. The number of thioether (sulfide) groups is 1. The van der Waals surface area contributed by atoms with E-state index in [0.717, 1.165) is 35.5 Å². The molecule has 1 aliphatic carbocycles. The second-order valence-corrected chi connectivity index (χ2v) is 9.31. The highest BCUT2D eigenvalue weighted by Crippen LogP contribution is 2.27. The molecule has 3 rings (SSSR count). The molecule has 1 saturated heterocycles. The van der Waals surface area contributed by atoms with Gasteiger partial charge >= 0.3 is 6.16 Å². The second kappa shape index (κ2) is 10.3. The molecule has 150 valence electrons. The van der Waals surface area contributed by atoms with E-state index in [1.165, 1.54) is 55.2 Å². The van der Waals surface area contributed by atoms with Crippen LogP contribution in [0.5, 0.6) is 5.88 Å². The van der Waals surface area contributed by atoms with Crippen LogP contribution in [0.25, 0.3) is 0 Å². The first kappa shape index (κ1) is 20.4. The smallest absolute Gasteiger partial charge is 0.449 e. The Hall–Kier alpha value is -1.32. The summed E-state index contributed by atoms with van der Waals surface area (Å²) in [6, 6.07) is 0.281. The molecule has 0 bridgehead atoms. The molecule has 1 amide bonds. The first-order chi connectivity index (χ1) is 13.1. The lowest BCUT2D eigenvalue weighted by molar-refractivity contribution is -0.128. The fourth-order valence-corrected chi connectivity index (χ4v) is 5.56. The highest BCUT2D eigenvalue weighted by Gasteiger charge is 2.30. The zero-order valence-electron chi connectivity index (χ0n) is 15.4. The summed E-state index contributed by atoms with van der Waals surface area (Å²) in [5.74, 6) is 1.88. The molecule has 2 N–H and O–H groups in total. The Bertz CT molecular complexity index is 634. The zero-order chi connectivity index (χ0) is 19.1. The standard InChI is InChI=1S/C18H27N3O4S2/c22-16-7-6-14(11-19-10-13-4-2-1-3-5-13)21(16)8-9-26-17-20-15(12-27-17)25-18(23)24/h12-14,19H,1-11H2,(H,23,24)/t14-/m1/s1. The molecule has 7 nitrogen and oxygen atoms in total. The molecule has 1 saturated carbocycles. The van der Waals surface area contributed by atoms with Crippen LogP contribution < -0.4 is 10.1 Å². The number of aromatic nitrogens is 1. The van der Waals surface area contributed by atoms with E-state index in [1.807, 2.05) is 4.90 Å². The topological polar surface area (TPSA) is 91.8 Å². The van der Waals surface area contributed by atoms with Crippen molar-refractivity contribution in [3.8, 4) is 5.88 Å². The summed E-state index contributed by atoms with van der Waals surface area (Å²) in [5.41, 5.74) is 0. The molecule has 0 aromatic carbocycles. The van der Waals surface area contributed by atoms with Gasteiger partial charge < -0.3 is 20.1 Å². The molecule has 1 aromatic heterocycles. The average molecular weight is 414 g/mol. The SMILES string of the molecule is O=C(O)Oc1csc(SCCN2C(=O)CC[C@@H]2CNCC2CCCCC2)n1. The molecule has 2 aliphatic rings. The van der Waals surface area contributed by atoms with E-state index in [0.29, 0.717) is 13.0 Å². The molecule has 0 unspecified atom stereocenters. The summed E-state index contributed by atoms with van der Waals surface area (Å²) in [5, 5.41) is 13.8. The number of nitrogens with one attached hydrogen (secondary N) is 1. The van der Waals surface area contributed by atoms with Crippen LogP contribution in [0.2, 0.25) is 0 Å². The highest BCUT2D eigenvalue weighted by atomic mass is 32.2. The number of carbonyl (C=O) groups is 2. The van der Waals surface area contributed by atoms with Crippen LogP contribution >= 0.6 is 23.1 Å². The van der Waals surface area contributed by atoms with Crippen molar-refractivity contribution < 1.29 is 19.4 Å². The van der Waals surface area contributed by atoms with Gasteiger partial charge in [-0.25, -0.2) is 4.79 Å². The van der Waals surface area contributed by atoms with Gasteiger partial charge in [-0.3, -0.25) is 4.79 Å². The van der Waals surface area contributed by atoms with E-state index in [9.17, 15) is 9.59 Å². The number of thiazole rings is 1. The van der Waals surface area contributed by atoms with Crippen molar-refractivity contribution in [2.24, 2.45) is 5.92 Å². The minimum Gasteiger partial charge on any atom is -0.449 e. The third-order valence-electron chi connectivity index (χ3n) is 5.20. The summed E-state index contributed by atoms with van der Waals surface area (Å²) < 4.78 is 5.29. The molecule has 1 aromatic rings. The first-order valence-electron chi connectivity index (χ1n) is 9.61. The van der Waals surface area contributed by atoms with Gasteiger partial charge in [-0.15, -0.1) is 11.3 Å². The zero-order valence-corrected chi connectivity index (χ0v) is 17.0. The average Bonchev–Trinajstić information content (AvgIpc) is 3.23. The van der Waals surface area contributed by atoms with Crippen LogP contribution in [0, 0.1) is 5.92 Å². The lowest BCUT2D eigenvalue weighted by atomic mass is 9.89. The Balaban J connectivity index is 1.38. The monoisotopic (exact) mass is 413 g/mol. The van der Waals surface area contributed by atoms with Crippen LogP contribution in [0.3, 0.4) is 0 Å². The molecule has 9 heteroatoms. The summed E-state index contributed by atoms with van der Waals surface area (Å²) in [7, 11) is 0. The number of carbonyl (C=O) groups excluding carboxylic acids is 1. The van der Waals surface area contributed by atoms with E-state index in [1.54, 1.807) is 5.38 Å². The van der Waals surface area contributed by atoms with E-state index in [-0.39, 0.29) is 17.8 Å². The molecule has 2 heterocycles. The molecule has 0 radical (unpaired) electrons. The van der Waals surface area contributed by atoms with Crippen LogP contribution in [0.4, 0.5) is 4.79 Å². The fraction of sp³-hybridized carbons (Fsp3) is 0.722. The van der Waals surface area contributed by atoms with E-state index in [4.69, 9.17) is 5.11 Å². The van der Waals surface area contributed by atoms with Gasteiger partial charge in [0.1, 0.15) is 0 Å². The van der Waals surface area contributed by atoms with Crippen molar-refractivity contribution in [3.05, 3.63) is 5.38 Å². The van der Waals surface area contributed by atoms with Crippen LogP contribution in [-0.4, -0.2) is 58.5 Å². The molecule has 2 fully saturated rings.